The molecule has 0 aliphatic heterocycles. The summed E-state index contributed by atoms with van der Waals surface area (Å²) in [6.07, 6.45) is 0. The van der Waals surface area contributed by atoms with Crippen LogP contribution in [0.2, 0.25) is 5.02 Å². The number of nitrogens with zero attached hydrogens (tertiary/aromatic N) is 2. The molecule has 0 spiro atoms. The highest BCUT2D eigenvalue weighted by Gasteiger charge is 2.04. The van der Waals surface area contributed by atoms with Crippen molar-refractivity contribution in [1.29, 1.82) is 0 Å². The predicted molar refractivity (Wildman–Crippen MR) is 91.8 cm³/mol. The number of nitrogens with one attached hydrogen (secondary N) is 2. The molecule has 0 aliphatic rings. The van der Waals surface area contributed by atoms with E-state index < -0.39 is 0 Å². The third kappa shape index (κ3) is 9.12. The number of hydrogen-bond acceptors (Lipinski definition) is 5. The van der Waals surface area contributed by atoms with Gasteiger partial charge in [-0.1, -0.05) is 41.1 Å². The number of hydrogen-bond donors (Lipinski definition) is 2. The third-order valence-electron chi connectivity index (χ3n) is 1.90. The van der Waals surface area contributed by atoms with Crippen molar-refractivity contribution in [2.75, 3.05) is 20.6 Å². The number of halogens is 1. The molecule has 0 atom stereocenters. The molecule has 21 heavy (non-hydrogen) atoms. The van der Waals surface area contributed by atoms with E-state index >= 15 is 0 Å². The van der Waals surface area contributed by atoms with Crippen LogP contribution in [0, 0.1) is 6.92 Å². The van der Waals surface area contributed by atoms with Gasteiger partial charge >= 0.3 is 0 Å². The average molecular weight is 329 g/mol. The topological polar surface area (TPSA) is 63.0 Å². The van der Waals surface area contributed by atoms with Crippen molar-refractivity contribution in [2.45, 2.75) is 13.8 Å². The molecule has 0 saturated heterocycles. The first-order valence-corrected chi connectivity index (χ1v) is 7.25. The summed E-state index contributed by atoms with van der Waals surface area (Å²) in [5.74, 6) is 1.12. The molecule has 0 unspecified atom stereocenters. The monoisotopic (exact) mass is 328 g/mol. The van der Waals surface area contributed by atoms with E-state index in [0.29, 0.717) is 16.7 Å². The Morgan fingerprint density at radius 1 is 1.38 bits per heavy atom. The predicted octanol–water partition coefficient (Wildman–Crippen LogP) is 3.09. The van der Waals surface area contributed by atoms with Gasteiger partial charge < -0.3 is 15.2 Å². The van der Waals surface area contributed by atoms with Gasteiger partial charge in [0.05, 0.1) is 5.49 Å². The lowest BCUT2D eigenvalue weighted by molar-refractivity contribution is 0.394. The fraction of sp³-hybridized carbons (Fsp3) is 0.357. The van der Waals surface area contributed by atoms with Gasteiger partial charge in [-0.3, -0.25) is 0 Å². The smallest absolute Gasteiger partial charge is 0.223 e. The summed E-state index contributed by atoms with van der Waals surface area (Å²) in [5.41, 5.74) is 2.38. The fourth-order valence-corrected chi connectivity index (χ4v) is 1.48. The molecule has 2 aromatic rings. The van der Waals surface area contributed by atoms with E-state index in [9.17, 15) is 0 Å². The Balaban J connectivity index is 0.000000422. The lowest BCUT2D eigenvalue weighted by Gasteiger charge is -1.93. The number of aryl methyl sites for hydroxylation is 1. The molecule has 0 bridgehead atoms. The number of benzene rings is 1. The van der Waals surface area contributed by atoms with E-state index in [1.54, 1.807) is 19.1 Å². The Labute approximate surface area is 136 Å². The minimum Gasteiger partial charge on any atom is -0.382 e. The largest absolute Gasteiger partial charge is 0.382 e. The lowest BCUT2D eigenvalue weighted by Crippen LogP contribution is -2.05. The Morgan fingerprint density at radius 2 is 2.05 bits per heavy atom. The van der Waals surface area contributed by atoms with Gasteiger partial charge in [-0.2, -0.15) is 4.98 Å². The van der Waals surface area contributed by atoms with Crippen LogP contribution in [0.3, 0.4) is 0 Å². The van der Waals surface area contributed by atoms with Crippen molar-refractivity contribution in [2.24, 2.45) is 0 Å². The normalized spacial score (nSPS) is 8.81. The summed E-state index contributed by atoms with van der Waals surface area (Å²) in [6, 6.07) is 7.34. The van der Waals surface area contributed by atoms with Crippen LogP contribution in [0.5, 0.6) is 0 Å². The zero-order valence-electron chi connectivity index (χ0n) is 12.7. The molecule has 0 amide bonds. The maximum absolute atomic E-state index is 5.82. The first kappa shape index (κ1) is 19.5. The van der Waals surface area contributed by atoms with Gasteiger partial charge in [-0.05, 0) is 33.2 Å². The van der Waals surface area contributed by atoms with Crippen molar-refractivity contribution in [3.63, 3.8) is 0 Å². The molecule has 0 radical (unpaired) electrons. The van der Waals surface area contributed by atoms with Gasteiger partial charge in [0.2, 0.25) is 11.7 Å². The van der Waals surface area contributed by atoms with Crippen molar-refractivity contribution in [1.82, 2.24) is 20.8 Å². The second kappa shape index (κ2) is 12.3. The molecule has 1 aromatic carbocycles. The number of thiocarbonyl (C=S) groups is 1. The molecule has 1 heterocycles. The van der Waals surface area contributed by atoms with Gasteiger partial charge in [-0.25, -0.2) is 0 Å². The molecule has 0 fully saturated rings. The van der Waals surface area contributed by atoms with Crippen LogP contribution in [-0.2, 0) is 0 Å². The van der Waals surface area contributed by atoms with E-state index in [0.717, 1.165) is 12.1 Å². The molecular formula is C14H21ClN4OS. The summed E-state index contributed by atoms with van der Waals surface area (Å²) in [5, 5.41) is 10.00. The average Bonchev–Trinajstić information content (AvgIpc) is 2.88. The number of aromatic nitrogens is 2. The molecule has 5 nitrogen and oxygen atoms in total. The van der Waals surface area contributed by atoms with Crippen LogP contribution in [0.1, 0.15) is 12.8 Å². The van der Waals surface area contributed by atoms with E-state index in [-0.39, 0.29) is 0 Å². The zero-order valence-corrected chi connectivity index (χ0v) is 14.3. The summed E-state index contributed by atoms with van der Waals surface area (Å²) >= 11 is 10.2. The van der Waals surface area contributed by atoms with Crippen LogP contribution >= 0.6 is 23.8 Å². The fourth-order valence-electron chi connectivity index (χ4n) is 1.13. The summed E-state index contributed by atoms with van der Waals surface area (Å²) < 4.78 is 4.85. The van der Waals surface area contributed by atoms with Crippen molar-refractivity contribution >= 4 is 29.3 Å². The van der Waals surface area contributed by atoms with Crippen LogP contribution in [0.15, 0.2) is 28.8 Å². The third-order valence-corrected chi connectivity index (χ3v) is 2.30. The standard InChI is InChI=1S/C9H7ClN2O.C3H7NS.C2H7N/c1-6-11-9(12-13-6)7-3-2-4-8(10)5-7;1-2-4-3-5;1-3-2/h2-5H,1H3;3H,2H2,1H3,(H,4,5);3H,1-2H3. The maximum atomic E-state index is 5.82. The highest BCUT2D eigenvalue weighted by molar-refractivity contribution is 7.78. The van der Waals surface area contributed by atoms with Crippen LogP contribution < -0.4 is 10.6 Å². The van der Waals surface area contributed by atoms with Crippen molar-refractivity contribution in [3.8, 4) is 11.4 Å². The highest BCUT2D eigenvalue weighted by atomic mass is 35.5. The van der Waals surface area contributed by atoms with E-state index in [1.165, 1.54) is 5.49 Å². The second-order valence-electron chi connectivity index (χ2n) is 3.82. The maximum Gasteiger partial charge on any atom is 0.223 e. The number of rotatable bonds is 3. The SMILES string of the molecule is CCNC=S.CNC.Cc1nc(-c2cccc(Cl)c2)no1. The van der Waals surface area contributed by atoms with Gasteiger partial charge in [0.25, 0.3) is 0 Å². The molecule has 2 rings (SSSR count). The first-order chi connectivity index (χ1) is 10.1. The van der Waals surface area contributed by atoms with Gasteiger partial charge in [-0.15, -0.1) is 0 Å². The second-order valence-corrected chi connectivity index (χ2v) is 4.50. The Hall–Kier alpha value is -1.50. The van der Waals surface area contributed by atoms with Crippen LogP contribution in [0.25, 0.3) is 11.4 Å². The minimum atomic E-state index is 0.551. The van der Waals surface area contributed by atoms with Gasteiger partial charge in [0, 0.05) is 24.1 Å². The first-order valence-electron chi connectivity index (χ1n) is 6.40. The molecule has 0 aliphatic carbocycles. The highest BCUT2D eigenvalue weighted by Crippen LogP contribution is 2.19. The molecule has 2 N–H and O–H groups in total. The molecule has 7 heteroatoms. The quantitative estimate of drug-likeness (QED) is 0.844. The van der Waals surface area contributed by atoms with E-state index in [4.69, 9.17) is 16.1 Å². The summed E-state index contributed by atoms with van der Waals surface area (Å²) in [6.45, 7) is 4.69. The Bertz CT molecular complexity index is 519. The lowest BCUT2D eigenvalue weighted by atomic mass is 10.2. The van der Waals surface area contributed by atoms with Crippen LogP contribution in [0.4, 0.5) is 0 Å². The molecule has 116 valence electrons. The van der Waals surface area contributed by atoms with E-state index in [1.807, 2.05) is 33.2 Å². The molecule has 1 aromatic heterocycles. The molecule has 0 saturated carbocycles. The summed E-state index contributed by atoms with van der Waals surface area (Å²) in [7, 11) is 3.75. The minimum absolute atomic E-state index is 0.551. The van der Waals surface area contributed by atoms with E-state index in [2.05, 4.69) is 33.0 Å². The van der Waals surface area contributed by atoms with Gasteiger partial charge in [0.1, 0.15) is 0 Å². The van der Waals surface area contributed by atoms with Gasteiger partial charge in [0.15, 0.2) is 0 Å². The van der Waals surface area contributed by atoms with Crippen LogP contribution in [-0.4, -0.2) is 36.3 Å². The molecular weight excluding hydrogens is 308 g/mol. The van der Waals surface area contributed by atoms with Crippen molar-refractivity contribution < 1.29 is 4.52 Å². The zero-order chi connectivity index (χ0) is 16.1. The Kier molecular flexibility index (Phi) is 11.4. The van der Waals surface area contributed by atoms with Crippen molar-refractivity contribution in [3.05, 3.63) is 35.2 Å². The Morgan fingerprint density at radius 3 is 2.43 bits per heavy atom. The summed E-state index contributed by atoms with van der Waals surface area (Å²) in [4.78, 5) is 4.09.